The van der Waals surface area contributed by atoms with E-state index in [2.05, 4.69) is 21.9 Å². The van der Waals surface area contributed by atoms with E-state index in [0.717, 1.165) is 6.26 Å². The summed E-state index contributed by atoms with van der Waals surface area (Å²) in [6.07, 6.45) is 5.49. The van der Waals surface area contributed by atoms with Gasteiger partial charge in [0, 0.05) is 24.2 Å². The van der Waals surface area contributed by atoms with Crippen molar-refractivity contribution in [2.24, 2.45) is 0 Å². The van der Waals surface area contributed by atoms with E-state index >= 15 is 0 Å². The van der Waals surface area contributed by atoms with E-state index in [-0.39, 0.29) is 10.5 Å². The SMILES string of the molecule is C=C(C(=O)Nc1cnccn1)c1ccc(S(C)(=O)=O)cc1. The van der Waals surface area contributed by atoms with E-state index in [1.807, 2.05) is 0 Å². The number of carbonyl (C=O) groups is 1. The topological polar surface area (TPSA) is 89.0 Å². The van der Waals surface area contributed by atoms with Crippen molar-refractivity contribution >= 4 is 27.1 Å². The number of nitrogens with zero attached hydrogens (tertiary/aromatic N) is 2. The van der Waals surface area contributed by atoms with Crippen LogP contribution in [0.2, 0.25) is 0 Å². The van der Waals surface area contributed by atoms with Gasteiger partial charge in [0.05, 0.1) is 11.1 Å². The molecule has 2 rings (SSSR count). The summed E-state index contributed by atoms with van der Waals surface area (Å²) < 4.78 is 22.7. The third kappa shape index (κ3) is 3.73. The molecule has 108 valence electrons. The third-order valence-corrected chi connectivity index (χ3v) is 3.84. The Kier molecular flexibility index (Phi) is 4.13. The lowest BCUT2D eigenvalue weighted by Gasteiger charge is -2.07. The summed E-state index contributed by atoms with van der Waals surface area (Å²) in [5.74, 6) is -0.112. The van der Waals surface area contributed by atoms with Crippen LogP contribution in [0.15, 0.2) is 54.3 Å². The van der Waals surface area contributed by atoms with Crippen LogP contribution in [-0.4, -0.2) is 30.5 Å². The van der Waals surface area contributed by atoms with Gasteiger partial charge >= 0.3 is 0 Å². The van der Waals surface area contributed by atoms with Crippen LogP contribution in [0.3, 0.4) is 0 Å². The summed E-state index contributed by atoms with van der Waals surface area (Å²) in [4.78, 5) is 19.9. The van der Waals surface area contributed by atoms with Gasteiger partial charge in [-0.3, -0.25) is 9.78 Å². The Bertz CT molecular complexity index is 769. The van der Waals surface area contributed by atoms with Crippen LogP contribution in [0.1, 0.15) is 5.56 Å². The van der Waals surface area contributed by atoms with E-state index < -0.39 is 15.7 Å². The van der Waals surface area contributed by atoms with E-state index in [4.69, 9.17) is 0 Å². The van der Waals surface area contributed by atoms with Crippen molar-refractivity contribution in [2.75, 3.05) is 11.6 Å². The minimum Gasteiger partial charge on any atom is -0.305 e. The highest BCUT2D eigenvalue weighted by atomic mass is 32.2. The molecule has 1 aromatic heterocycles. The number of hydrogen-bond acceptors (Lipinski definition) is 5. The van der Waals surface area contributed by atoms with Gasteiger partial charge in [0.1, 0.15) is 0 Å². The molecule has 21 heavy (non-hydrogen) atoms. The second-order valence-corrected chi connectivity index (χ2v) is 6.34. The lowest BCUT2D eigenvalue weighted by molar-refractivity contribution is -0.111. The van der Waals surface area contributed by atoms with Crippen molar-refractivity contribution in [3.05, 3.63) is 55.0 Å². The summed E-state index contributed by atoms with van der Waals surface area (Å²) >= 11 is 0. The normalized spacial score (nSPS) is 10.9. The van der Waals surface area contributed by atoms with Crippen LogP contribution in [-0.2, 0) is 14.6 Å². The fraction of sp³-hybridized carbons (Fsp3) is 0.0714. The van der Waals surface area contributed by atoms with Gasteiger partial charge in [-0.05, 0) is 17.7 Å². The second kappa shape index (κ2) is 5.84. The number of aromatic nitrogens is 2. The lowest BCUT2D eigenvalue weighted by atomic mass is 10.1. The molecule has 1 N–H and O–H groups in total. The number of amides is 1. The fourth-order valence-electron chi connectivity index (χ4n) is 1.59. The maximum atomic E-state index is 12.0. The van der Waals surface area contributed by atoms with Crippen molar-refractivity contribution in [2.45, 2.75) is 4.90 Å². The molecule has 0 bridgehead atoms. The minimum absolute atomic E-state index is 0.188. The van der Waals surface area contributed by atoms with Crippen LogP contribution < -0.4 is 5.32 Å². The first-order valence-corrected chi connectivity index (χ1v) is 7.84. The van der Waals surface area contributed by atoms with Crippen LogP contribution in [0.5, 0.6) is 0 Å². The Balaban J connectivity index is 2.15. The molecule has 0 unspecified atom stereocenters. The number of sulfone groups is 1. The molecule has 0 spiro atoms. The molecule has 0 aliphatic rings. The molecule has 0 aliphatic carbocycles. The lowest BCUT2D eigenvalue weighted by Crippen LogP contribution is -2.14. The van der Waals surface area contributed by atoms with Crippen molar-refractivity contribution in [3.63, 3.8) is 0 Å². The third-order valence-electron chi connectivity index (χ3n) is 2.71. The average Bonchev–Trinajstić information content (AvgIpc) is 2.46. The zero-order valence-corrected chi connectivity index (χ0v) is 12.1. The van der Waals surface area contributed by atoms with E-state index in [1.165, 1.54) is 42.9 Å². The number of nitrogens with one attached hydrogen (secondary N) is 1. The highest BCUT2D eigenvalue weighted by molar-refractivity contribution is 7.90. The highest BCUT2D eigenvalue weighted by Gasteiger charge is 2.12. The predicted molar refractivity (Wildman–Crippen MR) is 79.2 cm³/mol. The van der Waals surface area contributed by atoms with Crippen LogP contribution >= 0.6 is 0 Å². The Hall–Kier alpha value is -2.54. The highest BCUT2D eigenvalue weighted by Crippen LogP contribution is 2.17. The van der Waals surface area contributed by atoms with Crippen LogP contribution in [0.4, 0.5) is 5.82 Å². The molecule has 0 aliphatic heterocycles. The van der Waals surface area contributed by atoms with Gasteiger partial charge in [-0.2, -0.15) is 0 Å². The number of carbonyl (C=O) groups excluding carboxylic acids is 1. The van der Waals surface area contributed by atoms with Gasteiger partial charge in [-0.25, -0.2) is 13.4 Å². The maximum Gasteiger partial charge on any atom is 0.256 e. The standard InChI is InChI=1S/C14H13N3O3S/c1-10(14(18)17-13-9-15-7-8-16-13)11-3-5-12(6-4-11)21(2,19)20/h3-9H,1H2,2H3,(H,16,17,18). The van der Waals surface area contributed by atoms with Gasteiger partial charge in [0.25, 0.3) is 5.91 Å². The Morgan fingerprint density at radius 3 is 2.38 bits per heavy atom. The fourth-order valence-corrected chi connectivity index (χ4v) is 2.22. The first-order valence-electron chi connectivity index (χ1n) is 5.94. The zero-order chi connectivity index (χ0) is 15.5. The number of hydrogen-bond donors (Lipinski definition) is 1. The van der Waals surface area contributed by atoms with Crippen LogP contribution in [0.25, 0.3) is 5.57 Å². The summed E-state index contributed by atoms with van der Waals surface area (Å²) in [5.41, 5.74) is 0.740. The largest absolute Gasteiger partial charge is 0.305 e. The Morgan fingerprint density at radius 1 is 1.19 bits per heavy atom. The summed E-state index contributed by atoms with van der Waals surface area (Å²) in [7, 11) is -3.26. The number of benzene rings is 1. The molecule has 0 saturated carbocycles. The molecule has 0 fully saturated rings. The van der Waals surface area contributed by atoms with E-state index in [9.17, 15) is 13.2 Å². The smallest absolute Gasteiger partial charge is 0.256 e. The molecule has 1 amide bonds. The van der Waals surface area contributed by atoms with Crippen molar-refractivity contribution < 1.29 is 13.2 Å². The van der Waals surface area contributed by atoms with Gasteiger partial charge < -0.3 is 5.32 Å². The first-order chi connectivity index (χ1) is 9.88. The Morgan fingerprint density at radius 2 is 1.86 bits per heavy atom. The monoisotopic (exact) mass is 303 g/mol. The van der Waals surface area contributed by atoms with E-state index in [0.29, 0.717) is 11.4 Å². The van der Waals surface area contributed by atoms with Crippen LogP contribution in [0, 0.1) is 0 Å². The zero-order valence-electron chi connectivity index (χ0n) is 11.3. The first kappa shape index (κ1) is 14.9. The summed E-state index contributed by atoms with van der Waals surface area (Å²) in [6.45, 7) is 3.70. The van der Waals surface area contributed by atoms with Gasteiger partial charge in [0.2, 0.25) is 0 Å². The summed E-state index contributed by atoms with van der Waals surface area (Å²) in [5, 5.41) is 2.55. The van der Waals surface area contributed by atoms with Gasteiger partial charge in [-0.15, -0.1) is 0 Å². The number of rotatable bonds is 4. The molecule has 2 aromatic rings. The maximum absolute atomic E-state index is 12.0. The minimum atomic E-state index is -3.26. The van der Waals surface area contributed by atoms with Crippen molar-refractivity contribution in [1.82, 2.24) is 9.97 Å². The molecule has 0 radical (unpaired) electrons. The average molecular weight is 303 g/mol. The summed E-state index contributed by atoms with van der Waals surface area (Å²) in [6, 6.07) is 5.95. The molecule has 1 aromatic carbocycles. The molecule has 1 heterocycles. The molecule has 0 atom stereocenters. The van der Waals surface area contributed by atoms with Crippen molar-refractivity contribution in [1.29, 1.82) is 0 Å². The Labute approximate surface area is 122 Å². The molecule has 7 heteroatoms. The molecular formula is C14H13N3O3S. The molecule has 0 saturated heterocycles. The predicted octanol–water partition coefficient (Wildman–Crippen LogP) is 1.53. The molecular weight excluding hydrogens is 290 g/mol. The van der Waals surface area contributed by atoms with Crippen molar-refractivity contribution in [3.8, 4) is 0 Å². The second-order valence-electron chi connectivity index (χ2n) is 4.32. The van der Waals surface area contributed by atoms with E-state index in [1.54, 1.807) is 0 Å². The van der Waals surface area contributed by atoms with Gasteiger partial charge in [0.15, 0.2) is 15.7 Å². The molecule has 6 nitrogen and oxygen atoms in total. The van der Waals surface area contributed by atoms with Gasteiger partial charge in [-0.1, -0.05) is 18.7 Å². The number of anilines is 1. The quantitative estimate of drug-likeness (QED) is 0.865.